The third-order valence-electron chi connectivity index (χ3n) is 4.45. The Bertz CT molecular complexity index is 1070. The number of hydrogen-bond acceptors (Lipinski definition) is 6. The van der Waals surface area contributed by atoms with Crippen molar-refractivity contribution in [1.29, 1.82) is 0 Å². The first kappa shape index (κ1) is 18.5. The molecule has 0 unspecified atom stereocenters. The Balaban J connectivity index is 1.64. The van der Waals surface area contributed by atoms with Crippen molar-refractivity contribution in [3.63, 3.8) is 0 Å². The maximum Gasteiger partial charge on any atom is 0.130 e. The molecule has 0 fully saturated rings. The molecule has 0 radical (unpaired) electrons. The minimum absolute atomic E-state index is 0.747. The Morgan fingerprint density at radius 1 is 1.00 bits per heavy atom. The Morgan fingerprint density at radius 3 is 2.64 bits per heavy atom. The summed E-state index contributed by atoms with van der Waals surface area (Å²) < 4.78 is 1.29. The van der Waals surface area contributed by atoms with Crippen molar-refractivity contribution < 1.29 is 0 Å². The number of fused-ring (bicyclic) bond motifs is 1. The third-order valence-corrected chi connectivity index (χ3v) is 5.61. The molecule has 0 aliphatic rings. The zero-order valence-electron chi connectivity index (χ0n) is 16.3. The molecule has 1 N–H and O–H groups in total. The number of nitrogens with zero attached hydrogens (tertiary/aromatic N) is 4. The quantitative estimate of drug-likeness (QED) is 0.518. The van der Waals surface area contributed by atoms with Crippen LogP contribution in [0.4, 0.5) is 5.82 Å². The number of thiophene rings is 1. The van der Waals surface area contributed by atoms with Crippen molar-refractivity contribution in [3.05, 3.63) is 60.7 Å². The van der Waals surface area contributed by atoms with Crippen molar-refractivity contribution in [3.8, 4) is 21.7 Å². The minimum Gasteiger partial charge on any atom is -0.369 e. The number of aromatic nitrogens is 3. The van der Waals surface area contributed by atoms with Crippen molar-refractivity contribution >= 4 is 27.2 Å². The van der Waals surface area contributed by atoms with E-state index in [1.807, 2.05) is 25.4 Å². The van der Waals surface area contributed by atoms with Crippen LogP contribution in [0.1, 0.15) is 5.82 Å². The van der Waals surface area contributed by atoms with E-state index in [-0.39, 0.29) is 0 Å². The summed E-state index contributed by atoms with van der Waals surface area (Å²) in [4.78, 5) is 17.0. The maximum atomic E-state index is 4.63. The highest BCUT2D eigenvalue weighted by Crippen LogP contribution is 2.34. The molecular weight excluding hydrogens is 366 g/mol. The molecule has 6 heteroatoms. The second-order valence-corrected chi connectivity index (χ2v) is 8.11. The first-order chi connectivity index (χ1) is 13.6. The lowest BCUT2D eigenvalue weighted by molar-refractivity contribution is 0.425. The van der Waals surface area contributed by atoms with Gasteiger partial charge in [-0.15, -0.1) is 11.3 Å². The van der Waals surface area contributed by atoms with E-state index in [2.05, 4.69) is 75.7 Å². The van der Waals surface area contributed by atoms with E-state index in [1.165, 1.54) is 15.0 Å². The molecule has 1 aromatic carbocycles. The lowest BCUT2D eigenvalue weighted by Crippen LogP contribution is -2.21. The van der Waals surface area contributed by atoms with E-state index < -0.39 is 0 Å². The summed E-state index contributed by atoms with van der Waals surface area (Å²) in [5.41, 5.74) is 2.99. The van der Waals surface area contributed by atoms with Gasteiger partial charge in [0, 0.05) is 52.3 Å². The molecule has 4 aromatic rings. The maximum absolute atomic E-state index is 4.63. The van der Waals surface area contributed by atoms with Crippen LogP contribution in [0.2, 0.25) is 0 Å². The van der Waals surface area contributed by atoms with E-state index in [1.54, 1.807) is 11.3 Å². The van der Waals surface area contributed by atoms with E-state index in [9.17, 15) is 0 Å². The standard InChI is InChI=1S/C22H23N5S/c1-15-25-19(12-22(26-15)24-8-9-27(2)3)17-10-18(14-23-13-17)21-11-16-6-4-5-7-20(16)28-21/h4-7,10-14H,8-9H2,1-3H3,(H,24,25,26). The van der Waals surface area contributed by atoms with Gasteiger partial charge in [0.2, 0.25) is 0 Å². The summed E-state index contributed by atoms with van der Waals surface area (Å²) in [5, 5.41) is 4.64. The average Bonchev–Trinajstić information content (AvgIpc) is 3.12. The molecule has 142 valence electrons. The predicted octanol–water partition coefficient (Wildman–Crippen LogP) is 4.70. The normalized spacial score (nSPS) is 11.3. The number of nitrogens with one attached hydrogen (secondary N) is 1. The summed E-state index contributed by atoms with van der Waals surface area (Å²) in [7, 11) is 4.12. The third kappa shape index (κ3) is 4.18. The number of likely N-dealkylation sites (N-methyl/N-ethyl adjacent to an activating group) is 1. The lowest BCUT2D eigenvalue weighted by Gasteiger charge is -2.12. The SMILES string of the molecule is Cc1nc(NCCN(C)C)cc(-c2cncc(-c3cc4ccccc4s3)c2)n1. The summed E-state index contributed by atoms with van der Waals surface area (Å²) in [6.07, 6.45) is 3.78. The lowest BCUT2D eigenvalue weighted by atomic mass is 10.1. The van der Waals surface area contributed by atoms with Crippen LogP contribution in [-0.4, -0.2) is 47.0 Å². The van der Waals surface area contributed by atoms with Crippen LogP contribution in [-0.2, 0) is 0 Å². The molecule has 3 heterocycles. The smallest absolute Gasteiger partial charge is 0.130 e. The van der Waals surface area contributed by atoms with Gasteiger partial charge in [0.25, 0.3) is 0 Å². The number of benzene rings is 1. The molecule has 0 aliphatic carbocycles. The average molecular weight is 390 g/mol. The zero-order valence-corrected chi connectivity index (χ0v) is 17.1. The second kappa shape index (κ2) is 8.04. The highest BCUT2D eigenvalue weighted by Gasteiger charge is 2.09. The molecule has 28 heavy (non-hydrogen) atoms. The largest absolute Gasteiger partial charge is 0.369 e. The monoisotopic (exact) mass is 389 g/mol. The van der Waals surface area contributed by atoms with Gasteiger partial charge in [0.05, 0.1) is 5.69 Å². The number of rotatable bonds is 6. The molecule has 5 nitrogen and oxygen atoms in total. The van der Waals surface area contributed by atoms with Gasteiger partial charge in [0.1, 0.15) is 11.6 Å². The fraction of sp³-hybridized carbons (Fsp3) is 0.227. The Kier molecular flexibility index (Phi) is 5.32. The van der Waals surface area contributed by atoms with Gasteiger partial charge in [0.15, 0.2) is 0 Å². The first-order valence-electron chi connectivity index (χ1n) is 9.27. The highest BCUT2D eigenvalue weighted by atomic mass is 32.1. The van der Waals surface area contributed by atoms with E-state index in [4.69, 9.17) is 0 Å². The number of anilines is 1. The van der Waals surface area contributed by atoms with E-state index >= 15 is 0 Å². The molecule has 0 saturated carbocycles. The predicted molar refractivity (Wildman–Crippen MR) is 118 cm³/mol. The zero-order chi connectivity index (χ0) is 19.5. The molecule has 0 atom stereocenters. The van der Waals surface area contributed by atoms with Crippen LogP contribution >= 0.6 is 11.3 Å². The van der Waals surface area contributed by atoms with Gasteiger partial charge in [-0.1, -0.05) is 18.2 Å². The second-order valence-electron chi connectivity index (χ2n) is 7.03. The van der Waals surface area contributed by atoms with Crippen LogP contribution in [0.25, 0.3) is 31.8 Å². The first-order valence-corrected chi connectivity index (χ1v) is 10.1. The van der Waals surface area contributed by atoms with Crippen LogP contribution in [0, 0.1) is 6.92 Å². The van der Waals surface area contributed by atoms with Crippen molar-refractivity contribution in [2.45, 2.75) is 6.92 Å². The van der Waals surface area contributed by atoms with Crippen LogP contribution in [0.5, 0.6) is 0 Å². The van der Waals surface area contributed by atoms with Gasteiger partial charge < -0.3 is 10.2 Å². The fourth-order valence-corrected chi connectivity index (χ4v) is 4.10. The van der Waals surface area contributed by atoms with E-state index in [0.29, 0.717) is 0 Å². The van der Waals surface area contributed by atoms with Gasteiger partial charge >= 0.3 is 0 Å². The molecule has 0 saturated heterocycles. The number of aryl methyl sites for hydroxylation is 1. The summed E-state index contributed by atoms with van der Waals surface area (Å²) >= 11 is 1.78. The molecule has 0 spiro atoms. The Morgan fingerprint density at radius 2 is 1.82 bits per heavy atom. The van der Waals surface area contributed by atoms with Crippen molar-refractivity contribution in [1.82, 2.24) is 19.9 Å². The van der Waals surface area contributed by atoms with Crippen molar-refractivity contribution in [2.75, 3.05) is 32.5 Å². The topological polar surface area (TPSA) is 53.9 Å². The van der Waals surface area contributed by atoms with Gasteiger partial charge in [-0.3, -0.25) is 4.98 Å². The molecule has 0 aliphatic heterocycles. The fourth-order valence-electron chi connectivity index (χ4n) is 3.05. The Hall–Kier alpha value is -2.83. The van der Waals surface area contributed by atoms with Crippen LogP contribution < -0.4 is 5.32 Å². The molecular formula is C22H23N5S. The minimum atomic E-state index is 0.747. The van der Waals surface area contributed by atoms with Crippen LogP contribution in [0.15, 0.2) is 54.9 Å². The molecule has 0 amide bonds. The Labute approximate surface area is 169 Å². The molecule has 3 aromatic heterocycles. The van der Waals surface area contributed by atoms with Gasteiger partial charge in [-0.05, 0) is 44.6 Å². The van der Waals surface area contributed by atoms with Crippen LogP contribution in [0.3, 0.4) is 0 Å². The van der Waals surface area contributed by atoms with Gasteiger partial charge in [-0.2, -0.15) is 0 Å². The van der Waals surface area contributed by atoms with Gasteiger partial charge in [-0.25, -0.2) is 9.97 Å². The van der Waals surface area contributed by atoms with E-state index in [0.717, 1.165) is 41.6 Å². The summed E-state index contributed by atoms with van der Waals surface area (Å²) in [6.45, 7) is 3.70. The van der Waals surface area contributed by atoms with Crippen molar-refractivity contribution in [2.24, 2.45) is 0 Å². The summed E-state index contributed by atoms with van der Waals surface area (Å²) in [5.74, 6) is 1.59. The summed E-state index contributed by atoms with van der Waals surface area (Å²) in [6, 6.07) is 14.8. The molecule has 4 rings (SSSR count). The molecule has 0 bridgehead atoms. The number of hydrogen-bond donors (Lipinski definition) is 1. The highest BCUT2D eigenvalue weighted by molar-refractivity contribution is 7.22. The number of pyridine rings is 1.